The third-order valence-electron chi connectivity index (χ3n) is 2.64. The lowest BCUT2D eigenvalue weighted by molar-refractivity contribution is -0.140. The summed E-state index contributed by atoms with van der Waals surface area (Å²) < 4.78 is 37.7. The summed E-state index contributed by atoms with van der Waals surface area (Å²) in [7, 11) is 0. The molecule has 2 rings (SSSR count). The lowest BCUT2D eigenvalue weighted by atomic mass is 10.0. The zero-order chi connectivity index (χ0) is 13.3. The Balaban J connectivity index is 2.56. The highest BCUT2D eigenvalue weighted by Crippen LogP contribution is 2.32. The zero-order valence-corrected chi connectivity index (χ0v) is 9.34. The highest BCUT2D eigenvalue weighted by atomic mass is 19.4. The Morgan fingerprint density at radius 1 is 1.33 bits per heavy atom. The number of rotatable bonds is 3. The van der Waals surface area contributed by atoms with Gasteiger partial charge in [0.1, 0.15) is 5.69 Å². The number of carbonyl (C=O) groups is 1. The summed E-state index contributed by atoms with van der Waals surface area (Å²) in [5.41, 5.74) is 4.99. The molecular formula is C12H11F3N2O. The highest BCUT2D eigenvalue weighted by Gasteiger charge is 2.33. The number of H-pyrrole nitrogens is 1. The number of Topliss-reactive ketones (excluding diaryl/α,β-unsaturated/α-hetero) is 1. The molecule has 0 saturated heterocycles. The maximum Gasteiger partial charge on any atom is 0.431 e. The van der Waals surface area contributed by atoms with Crippen LogP contribution in [0.15, 0.2) is 24.3 Å². The first kappa shape index (κ1) is 12.6. The van der Waals surface area contributed by atoms with Crippen molar-refractivity contribution in [2.24, 2.45) is 5.73 Å². The van der Waals surface area contributed by atoms with Crippen LogP contribution < -0.4 is 5.73 Å². The summed E-state index contributed by atoms with van der Waals surface area (Å²) in [5.74, 6) is -0.254. The molecule has 1 heterocycles. The van der Waals surface area contributed by atoms with Gasteiger partial charge < -0.3 is 10.7 Å². The largest absolute Gasteiger partial charge is 0.431 e. The fourth-order valence-corrected chi connectivity index (χ4v) is 1.82. The van der Waals surface area contributed by atoms with E-state index in [1.54, 1.807) is 6.07 Å². The molecular weight excluding hydrogens is 245 g/mol. The molecule has 1 aromatic carbocycles. The van der Waals surface area contributed by atoms with E-state index in [1.807, 2.05) is 0 Å². The van der Waals surface area contributed by atoms with E-state index in [0.29, 0.717) is 5.52 Å². The van der Waals surface area contributed by atoms with Gasteiger partial charge in [0.25, 0.3) is 0 Å². The van der Waals surface area contributed by atoms with Crippen molar-refractivity contribution in [3.05, 3.63) is 35.5 Å². The van der Waals surface area contributed by atoms with Crippen molar-refractivity contribution in [1.82, 2.24) is 4.98 Å². The fourth-order valence-electron chi connectivity index (χ4n) is 1.82. The van der Waals surface area contributed by atoms with E-state index in [-0.39, 0.29) is 29.7 Å². The average Bonchev–Trinajstić information content (AvgIpc) is 2.72. The molecule has 0 unspecified atom stereocenters. The number of fused-ring (bicyclic) bond motifs is 1. The van der Waals surface area contributed by atoms with Crippen LogP contribution >= 0.6 is 0 Å². The smallest absolute Gasteiger partial charge is 0.351 e. The van der Waals surface area contributed by atoms with Crippen LogP contribution in [-0.4, -0.2) is 17.3 Å². The number of nitrogens with one attached hydrogen (secondary N) is 1. The molecule has 0 bridgehead atoms. The van der Waals surface area contributed by atoms with Gasteiger partial charge in [0, 0.05) is 22.9 Å². The Morgan fingerprint density at radius 3 is 2.67 bits per heavy atom. The number of benzene rings is 1. The molecule has 96 valence electrons. The maximum atomic E-state index is 12.6. The molecule has 0 fully saturated rings. The first-order valence-corrected chi connectivity index (χ1v) is 5.35. The van der Waals surface area contributed by atoms with Crippen LogP contribution in [0.25, 0.3) is 10.9 Å². The van der Waals surface area contributed by atoms with E-state index in [9.17, 15) is 18.0 Å². The number of alkyl halides is 3. The van der Waals surface area contributed by atoms with Gasteiger partial charge in [-0.25, -0.2) is 0 Å². The van der Waals surface area contributed by atoms with Gasteiger partial charge in [0.2, 0.25) is 0 Å². The standard InChI is InChI=1S/C12H11F3N2O/c13-12(14,15)11-6-8-7(10(18)4-5-16)2-1-3-9(8)17-11/h1-3,6,17H,4-5,16H2. The van der Waals surface area contributed by atoms with Crippen LogP contribution in [0.2, 0.25) is 0 Å². The number of nitrogens with two attached hydrogens (primary N) is 1. The molecule has 6 heteroatoms. The Morgan fingerprint density at radius 2 is 2.06 bits per heavy atom. The molecule has 3 N–H and O–H groups in total. The SMILES string of the molecule is NCCC(=O)c1cccc2[nH]c(C(F)(F)F)cc12. The van der Waals surface area contributed by atoms with Gasteiger partial charge in [-0.2, -0.15) is 13.2 Å². The molecule has 0 aliphatic rings. The van der Waals surface area contributed by atoms with Crippen molar-refractivity contribution in [1.29, 1.82) is 0 Å². The second-order valence-electron chi connectivity index (χ2n) is 3.91. The molecule has 18 heavy (non-hydrogen) atoms. The Hall–Kier alpha value is -1.82. The Labute approximate surface area is 101 Å². The summed E-state index contributed by atoms with van der Waals surface area (Å²) in [6.45, 7) is 0.172. The highest BCUT2D eigenvalue weighted by molar-refractivity contribution is 6.07. The molecule has 3 nitrogen and oxygen atoms in total. The van der Waals surface area contributed by atoms with Crippen molar-refractivity contribution < 1.29 is 18.0 Å². The maximum absolute atomic E-state index is 12.6. The van der Waals surface area contributed by atoms with Gasteiger partial charge in [0.15, 0.2) is 5.78 Å². The van der Waals surface area contributed by atoms with E-state index in [2.05, 4.69) is 4.98 Å². The lowest BCUT2D eigenvalue weighted by Crippen LogP contribution is -2.08. The fraction of sp³-hybridized carbons (Fsp3) is 0.250. The predicted molar refractivity (Wildman–Crippen MR) is 61.3 cm³/mol. The van der Waals surface area contributed by atoms with E-state index >= 15 is 0 Å². The molecule has 0 radical (unpaired) electrons. The van der Waals surface area contributed by atoms with Gasteiger partial charge in [-0.1, -0.05) is 12.1 Å². The van der Waals surface area contributed by atoms with E-state index in [0.717, 1.165) is 6.07 Å². The summed E-state index contributed by atoms with van der Waals surface area (Å²) in [6.07, 6.45) is -4.33. The van der Waals surface area contributed by atoms with Crippen LogP contribution in [0, 0.1) is 0 Å². The van der Waals surface area contributed by atoms with E-state index in [4.69, 9.17) is 5.73 Å². The molecule has 0 aliphatic heterocycles. The van der Waals surface area contributed by atoms with E-state index < -0.39 is 11.9 Å². The van der Waals surface area contributed by atoms with Gasteiger partial charge >= 0.3 is 6.18 Å². The molecule has 0 aliphatic carbocycles. The number of halogens is 3. The lowest BCUT2D eigenvalue weighted by Gasteiger charge is -2.01. The van der Waals surface area contributed by atoms with Crippen LogP contribution in [0.5, 0.6) is 0 Å². The minimum Gasteiger partial charge on any atom is -0.351 e. The normalized spacial score (nSPS) is 12.0. The number of carbonyl (C=O) groups excluding carboxylic acids is 1. The van der Waals surface area contributed by atoms with Gasteiger partial charge in [0.05, 0.1) is 0 Å². The summed E-state index contributed by atoms with van der Waals surface area (Å²) in [6, 6.07) is 5.51. The number of aromatic amines is 1. The second kappa shape index (κ2) is 4.45. The van der Waals surface area contributed by atoms with Crippen molar-refractivity contribution in [2.45, 2.75) is 12.6 Å². The minimum atomic E-state index is -4.45. The third-order valence-corrected chi connectivity index (χ3v) is 2.64. The molecule has 0 atom stereocenters. The predicted octanol–water partition coefficient (Wildman–Crippen LogP) is 2.72. The topological polar surface area (TPSA) is 58.9 Å². The zero-order valence-electron chi connectivity index (χ0n) is 9.34. The minimum absolute atomic E-state index is 0.117. The van der Waals surface area contributed by atoms with Crippen molar-refractivity contribution in [3.8, 4) is 0 Å². The van der Waals surface area contributed by atoms with Crippen molar-refractivity contribution >= 4 is 16.7 Å². The van der Waals surface area contributed by atoms with Crippen LogP contribution in [-0.2, 0) is 6.18 Å². The van der Waals surface area contributed by atoms with Gasteiger partial charge in [-0.3, -0.25) is 4.79 Å². The summed E-state index contributed by atoms with van der Waals surface area (Å²) in [5, 5.41) is 0.281. The number of hydrogen-bond donors (Lipinski definition) is 2. The van der Waals surface area contributed by atoms with Crippen LogP contribution in [0.1, 0.15) is 22.5 Å². The Bertz CT molecular complexity index is 587. The first-order chi connectivity index (χ1) is 8.43. The molecule has 0 spiro atoms. The van der Waals surface area contributed by atoms with Gasteiger partial charge in [-0.15, -0.1) is 0 Å². The monoisotopic (exact) mass is 256 g/mol. The first-order valence-electron chi connectivity index (χ1n) is 5.35. The molecule has 2 aromatic rings. The number of hydrogen-bond acceptors (Lipinski definition) is 2. The van der Waals surface area contributed by atoms with Crippen LogP contribution in [0.4, 0.5) is 13.2 Å². The van der Waals surface area contributed by atoms with Crippen molar-refractivity contribution in [3.63, 3.8) is 0 Å². The molecule has 1 aromatic heterocycles. The van der Waals surface area contributed by atoms with Crippen molar-refractivity contribution in [2.75, 3.05) is 6.54 Å². The van der Waals surface area contributed by atoms with E-state index in [1.165, 1.54) is 12.1 Å². The summed E-state index contributed by atoms with van der Waals surface area (Å²) >= 11 is 0. The third kappa shape index (κ3) is 2.24. The van der Waals surface area contributed by atoms with Crippen LogP contribution in [0.3, 0.4) is 0 Å². The quantitative estimate of drug-likeness (QED) is 0.829. The number of ketones is 1. The Kier molecular flexibility index (Phi) is 3.13. The summed E-state index contributed by atoms with van der Waals surface area (Å²) in [4.78, 5) is 14.0. The molecule has 0 amide bonds. The number of aromatic nitrogens is 1. The molecule has 0 saturated carbocycles. The van der Waals surface area contributed by atoms with Gasteiger partial charge in [-0.05, 0) is 18.7 Å². The average molecular weight is 256 g/mol. The second-order valence-corrected chi connectivity index (χ2v) is 3.91.